The monoisotopic (exact) mass is 332 g/mol. The average molecular weight is 333 g/mol. The molecule has 0 spiro atoms. The molecule has 0 bridgehead atoms. The Kier molecular flexibility index (Phi) is 5.21. The van der Waals surface area contributed by atoms with E-state index in [-0.39, 0.29) is 0 Å². The summed E-state index contributed by atoms with van der Waals surface area (Å²) in [6.45, 7) is 3.73. The first-order valence-electron chi connectivity index (χ1n) is 6.39. The molecule has 102 valence electrons. The standard InChI is InChI=1S/C13H21BrN2OS/c1-9-3-4-13(17-9)12(6-15)16(2)7-11-5-10(14)8-18-11/h5,8-9,12-13H,3-4,6-7,15H2,1-2H3. The van der Waals surface area contributed by atoms with E-state index in [0.717, 1.165) is 23.9 Å². The van der Waals surface area contributed by atoms with Crippen LogP contribution in [0.15, 0.2) is 15.9 Å². The molecular weight excluding hydrogens is 312 g/mol. The molecule has 1 fully saturated rings. The van der Waals surface area contributed by atoms with Gasteiger partial charge in [-0.25, -0.2) is 0 Å². The van der Waals surface area contributed by atoms with Gasteiger partial charge in [0.2, 0.25) is 0 Å². The second-order valence-electron chi connectivity index (χ2n) is 5.01. The topological polar surface area (TPSA) is 38.5 Å². The van der Waals surface area contributed by atoms with Crippen molar-refractivity contribution in [3.8, 4) is 0 Å². The minimum Gasteiger partial charge on any atom is -0.374 e. The van der Waals surface area contributed by atoms with Crippen molar-refractivity contribution in [2.24, 2.45) is 5.73 Å². The number of nitrogens with two attached hydrogens (primary N) is 1. The number of ether oxygens (including phenoxy) is 1. The normalized spacial score (nSPS) is 25.8. The van der Waals surface area contributed by atoms with E-state index in [1.807, 2.05) is 0 Å². The zero-order valence-corrected chi connectivity index (χ0v) is 13.3. The molecule has 0 aromatic carbocycles. The van der Waals surface area contributed by atoms with Crippen LogP contribution in [0, 0.1) is 0 Å². The van der Waals surface area contributed by atoms with Gasteiger partial charge in [0.15, 0.2) is 0 Å². The Labute approximate surface area is 121 Å². The highest BCUT2D eigenvalue weighted by molar-refractivity contribution is 9.10. The lowest BCUT2D eigenvalue weighted by atomic mass is 10.1. The van der Waals surface area contributed by atoms with Crippen LogP contribution in [-0.2, 0) is 11.3 Å². The van der Waals surface area contributed by atoms with E-state index in [9.17, 15) is 0 Å². The van der Waals surface area contributed by atoms with E-state index in [2.05, 4.69) is 46.2 Å². The molecule has 1 aliphatic rings. The van der Waals surface area contributed by atoms with E-state index < -0.39 is 0 Å². The van der Waals surface area contributed by atoms with Gasteiger partial charge in [0.05, 0.1) is 12.2 Å². The van der Waals surface area contributed by atoms with Crippen molar-refractivity contribution in [2.45, 2.75) is 44.6 Å². The van der Waals surface area contributed by atoms with Gasteiger partial charge in [0, 0.05) is 33.9 Å². The minimum atomic E-state index is 0.290. The maximum atomic E-state index is 5.95. The predicted octanol–water partition coefficient (Wildman–Crippen LogP) is 2.84. The Morgan fingerprint density at radius 1 is 1.61 bits per heavy atom. The Balaban J connectivity index is 1.95. The summed E-state index contributed by atoms with van der Waals surface area (Å²) in [5.74, 6) is 0. The summed E-state index contributed by atoms with van der Waals surface area (Å²) in [6, 6.07) is 2.49. The number of hydrogen-bond acceptors (Lipinski definition) is 4. The summed E-state index contributed by atoms with van der Waals surface area (Å²) in [5.41, 5.74) is 5.93. The fourth-order valence-electron chi connectivity index (χ4n) is 2.53. The van der Waals surface area contributed by atoms with Gasteiger partial charge in [-0.1, -0.05) is 0 Å². The van der Waals surface area contributed by atoms with Crippen molar-refractivity contribution in [2.75, 3.05) is 13.6 Å². The summed E-state index contributed by atoms with van der Waals surface area (Å²) in [5, 5.41) is 2.12. The van der Waals surface area contributed by atoms with Gasteiger partial charge in [-0.15, -0.1) is 11.3 Å². The van der Waals surface area contributed by atoms with Crippen LogP contribution in [0.5, 0.6) is 0 Å². The molecule has 1 aromatic heterocycles. The molecule has 0 saturated carbocycles. The fourth-order valence-corrected chi connectivity index (χ4v) is 4.05. The van der Waals surface area contributed by atoms with Crippen LogP contribution in [0.3, 0.4) is 0 Å². The molecule has 3 unspecified atom stereocenters. The summed E-state index contributed by atoms with van der Waals surface area (Å²) in [7, 11) is 2.14. The SMILES string of the molecule is CC1CCC(C(CN)N(C)Cc2cc(Br)cs2)O1. The third-order valence-corrected chi connectivity index (χ3v) is 5.21. The number of hydrogen-bond donors (Lipinski definition) is 1. The number of thiophene rings is 1. The first kappa shape index (κ1) is 14.5. The molecule has 2 N–H and O–H groups in total. The molecule has 0 aliphatic carbocycles. The molecule has 0 radical (unpaired) electrons. The molecular formula is C13H21BrN2OS. The van der Waals surface area contributed by atoms with E-state index >= 15 is 0 Å². The Morgan fingerprint density at radius 2 is 2.39 bits per heavy atom. The Hall–Kier alpha value is 0.0600. The maximum Gasteiger partial charge on any atom is 0.0747 e. The number of likely N-dealkylation sites (N-methyl/N-ethyl adjacent to an activating group) is 1. The summed E-state index contributed by atoms with van der Waals surface area (Å²) < 4.78 is 7.11. The lowest BCUT2D eigenvalue weighted by Crippen LogP contribution is -2.45. The molecule has 3 nitrogen and oxygen atoms in total. The third-order valence-electron chi connectivity index (χ3n) is 3.53. The van der Waals surface area contributed by atoms with Crippen LogP contribution in [0.25, 0.3) is 0 Å². The van der Waals surface area contributed by atoms with E-state index in [0.29, 0.717) is 24.8 Å². The second-order valence-corrected chi connectivity index (χ2v) is 6.92. The average Bonchev–Trinajstić information content (AvgIpc) is 2.89. The minimum absolute atomic E-state index is 0.290. The molecule has 1 aromatic rings. The zero-order chi connectivity index (χ0) is 13.1. The summed E-state index contributed by atoms with van der Waals surface area (Å²) in [4.78, 5) is 3.68. The molecule has 18 heavy (non-hydrogen) atoms. The van der Waals surface area contributed by atoms with Gasteiger partial charge in [0.25, 0.3) is 0 Å². The van der Waals surface area contributed by atoms with Gasteiger partial charge in [0.1, 0.15) is 0 Å². The molecule has 1 saturated heterocycles. The fraction of sp³-hybridized carbons (Fsp3) is 0.692. The lowest BCUT2D eigenvalue weighted by Gasteiger charge is -2.31. The quantitative estimate of drug-likeness (QED) is 0.901. The highest BCUT2D eigenvalue weighted by atomic mass is 79.9. The zero-order valence-electron chi connectivity index (χ0n) is 10.9. The molecule has 1 aliphatic heterocycles. The highest BCUT2D eigenvalue weighted by Gasteiger charge is 2.31. The molecule has 2 heterocycles. The van der Waals surface area contributed by atoms with Crippen molar-refractivity contribution in [1.82, 2.24) is 4.90 Å². The van der Waals surface area contributed by atoms with Crippen molar-refractivity contribution in [3.05, 3.63) is 20.8 Å². The highest BCUT2D eigenvalue weighted by Crippen LogP contribution is 2.26. The van der Waals surface area contributed by atoms with Gasteiger partial charge < -0.3 is 10.5 Å². The van der Waals surface area contributed by atoms with Gasteiger partial charge in [-0.3, -0.25) is 4.90 Å². The van der Waals surface area contributed by atoms with E-state index in [1.54, 1.807) is 11.3 Å². The number of nitrogens with zero attached hydrogens (tertiary/aromatic N) is 1. The van der Waals surface area contributed by atoms with Crippen molar-refractivity contribution >= 4 is 27.3 Å². The first-order valence-corrected chi connectivity index (χ1v) is 8.06. The smallest absolute Gasteiger partial charge is 0.0747 e. The number of halogens is 1. The van der Waals surface area contributed by atoms with E-state index in [1.165, 1.54) is 4.88 Å². The largest absolute Gasteiger partial charge is 0.374 e. The number of rotatable bonds is 5. The molecule has 3 atom stereocenters. The summed E-state index contributed by atoms with van der Waals surface area (Å²) in [6.07, 6.45) is 2.95. The van der Waals surface area contributed by atoms with Crippen LogP contribution < -0.4 is 5.73 Å². The van der Waals surface area contributed by atoms with Gasteiger partial charge >= 0.3 is 0 Å². The van der Waals surface area contributed by atoms with Crippen molar-refractivity contribution < 1.29 is 4.74 Å². The van der Waals surface area contributed by atoms with Crippen LogP contribution >= 0.6 is 27.3 Å². The third kappa shape index (κ3) is 3.54. The predicted molar refractivity (Wildman–Crippen MR) is 79.9 cm³/mol. The van der Waals surface area contributed by atoms with Crippen LogP contribution in [0.2, 0.25) is 0 Å². The van der Waals surface area contributed by atoms with Crippen LogP contribution in [0.1, 0.15) is 24.6 Å². The first-order chi connectivity index (χ1) is 8.60. The van der Waals surface area contributed by atoms with Gasteiger partial charge in [-0.2, -0.15) is 0 Å². The molecule has 2 rings (SSSR count). The van der Waals surface area contributed by atoms with Crippen molar-refractivity contribution in [3.63, 3.8) is 0 Å². The Morgan fingerprint density at radius 3 is 2.89 bits per heavy atom. The van der Waals surface area contributed by atoms with Gasteiger partial charge in [-0.05, 0) is 48.8 Å². The van der Waals surface area contributed by atoms with Crippen LogP contribution in [0.4, 0.5) is 0 Å². The second kappa shape index (κ2) is 6.48. The maximum absolute atomic E-state index is 5.95. The van der Waals surface area contributed by atoms with Crippen LogP contribution in [-0.4, -0.2) is 36.7 Å². The summed E-state index contributed by atoms with van der Waals surface area (Å²) >= 11 is 5.27. The Bertz CT molecular complexity index is 385. The molecule has 5 heteroatoms. The van der Waals surface area contributed by atoms with E-state index in [4.69, 9.17) is 10.5 Å². The molecule has 0 amide bonds. The lowest BCUT2D eigenvalue weighted by molar-refractivity contribution is 0.00107. The van der Waals surface area contributed by atoms with Crippen molar-refractivity contribution in [1.29, 1.82) is 0 Å².